The van der Waals surface area contributed by atoms with Crippen molar-refractivity contribution in [1.82, 2.24) is 0 Å². The monoisotopic (exact) mass is 268 g/mol. The topological polar surface area (TPSA) is 40.5 Å². The standard InChI is InChI=1S/C18H20O2/c1-17(2)11-18(3,12-7-4-5-9-14(12)19)13-8-6-10-15(20)16(13)17/h4-10,19-20H,11H2,1-3H3. The molecule has 3 rings (SSSR count). The van der Waals surface area contributed by atoms with Gasteiger partial charge in [-0.25, -0.2) is 0 Å². The Morgan fingerprint density at radius 3 is 2.10 bits per heavy atom. The third-order valence-corrected chi connectivity index (χ3v) is 4.61. The fraction of sp³-hybridized carbons (Fsp3) is 0.333. The minimum Gasteiger partial charge on any atom is -0.508 e. The van der Waals surface area contributed by atoms with E-state index in [1.165, 1.54) is 0 Å². The maximum atomic E-state index is 10.3. The second-order valence-corrected chi connectivity index (χ2v) is 6.61. The van der Waals surface area contributed by atoms with Crippen LogP contribution in [0.1, 0.15) is 43.9 Å². The van der Waals surface area contributed by atoms with E-state index in [9.17, 15) is 10.2 Å². The molecule has 104 valence electrons. The van der Waals surface area contributed by atoms with Crippen LogP contribution in [0.3, 0.4) is 0 Å². The Bertz CT molecular complexity index is 673. The maximum absolute atomic E-state index is 10.3. The molecule has 0 aromatic heterocycles. The molecule has 20 heavy (non-hydrogen) atoms. The first-order valence-corrected chi connectivity index (χ1v) is 6.98. The Kier molecular flexibility index (Phi) is 2.62. The van der Waals surface area contributed by atoms with Crippen molar-refractivity contribution in [2.45, 2.75) is 38.0 Å². The molecule has 1 aliphatic carbocycles. The van der Waals surface area contributed by atoms with E-state index in [0.717, 1.165) is 23.1 Å². The molecule has 0 radical (unpaired) electrons. The molecule has 0 spiro atoms. The minimum atomic E-state index is -0.275. The van der Waals surface area contributed by atoms with Crippen LogP contribution in [0.15, 0.2) is 42.5 Å². The quantitative estimate of drug-likeness (QED) is 0.818. The van der Waals surface area contributed by atoms with Gasteiger partial charge in [0.25, 0.3) is 0 Å². The molecule has 0 saturated carbocycles. The lowest BCUT2D eigenvalue weighted by atomic mass is 9.74. The fourth-order valence-corrected chi connectivity index (χ4v) is 3.96. The Hall–Kier alpha value is -1.96. The van der Waals surface area contributed by atoms with Crippen LogP contribution in [-0.2, 0) is 10.8 Å². The van der Waals surface area contributed by atoms with E-state index in [0.29, 0.717) is 11.5 Å². The highest BCUT2D eigenvalue weighted by molar-refractivity contribution is 5.58. The molecule has 0 bridgehead atoms. The van der Waals surface area contributed by atoms with Gasteiger partial charge in [0.2, 0.25) is 0 Å². The summed E-state index contributed by atoms with van der Waals surface area (Å²) >= 11 is 0. The largest absolute Gasteiger partial charge is 0.508 e. The summed E-state index contributed by atoms with van der Waals surface area (Å²) in [4.78, 5) is 0. The molecule has 0 fully saturated rings. The molecule has 2 nitrogen and oxygen atoms in total. The van der Waals surface area contributed by atoms with Gasteiger partial charge < -0.3 is 10.2 Å². The number of hydrogen-bond acceptors (Lipinski definition) is 2. The van der Waals surface area contributed by atoms with E-state index in [1.54, 1.807) is 12.1 Å². The lowest BCUT2D eigenvalue weighted by Crippen LogP contribution is -2.23. The molecule has 0 heterocycles. The summed E-state index contributed by atoms with van der Waals surface area (Å²) in [6, 6.07) is 13.2. The van der Waals surface area contributed by atoms with Crippen molar-refractivity contribution in [3.8, 4) is 11.5 Å². The third kappa shape index (κ3) is 1.64. The molecular formula is C18H20O2. The van der Waals surface area contributed by atoms with Gasteiger partial charge in [0, 0.05) is 16.5 Å². The zero-order valence-electron chi connectivity index (χ0n) is 12.1. The van der Waals surface area contributed by atoms with Gasteiger partial charge >= 0.3 is 0 Å². The van der Waals surface area contributed by atoms with E-state index < -0.39 is 0 Å². The lowest BCUT2D eigenvalue weighted by Gasteiger charge is -2.29. The van der Waals surface area contributed by atoms with Crippen molar-refractivity contribution < 1.29 is 10.2 Å². The number of aromatic hydroxyl groups is 2. The fourth-order valence-electron chi connectivity index (χ4n) is 3.96. The molecule has 0 saturated heterocycles. The summed E-state index contributed by atoms with van der Waals surface area (Å²) in [6.45, 7) is 6.45. The van der Waals surface area contributed by atoms with Gasteiger partial charge in [0.15, 0.2) is 0 Å². The minimum absolute atomic E-state index is 0.113. The summed E-state index contributed by atoms with van der Waals surface area (Å²) in [5.74, 6) is 0.675. The van der Waals surface area contributed by atoms with Crippen LogP contribution in [0.4, 0.5) is 0 Å². The van der Waals surface area contributed by atoms with Crippen LogP contribution >= 0.6 is 0 Å². The Labute approximate surface area is 119 Å². The van der Waals surface area contributed by atoms with Crippen molar-refractivity contribution in [1.29, 1.82) is 0 Å². The number of fused-ring (bicyclic) bond motifs is 1. The summed E-state index contributed by atoms with van der Waals surface area (Å²) < 4.78 is 0. The molecule has 1 unspecified atom stereocenters. The van der Waals surface area contributed by atoms with Gasteiger partial charge in [0.05, 0.1) is 0 Å². The van der Waals surface area contributed by atoms with Gasteiger partial charge in [-0.3, -0.25) is 0 Å². The average molecular weight is 268 g/mol. The van der Waals surface area contributed by atoms with Crippen LogP contribution in [0, 0.1) is 0 Å². The van der Waals surface area contributed by atoms with E-state index in [4.69, 9.17) is 0 Å². The first kappa shape index (κ1) is 13.0. The molecular weight excluding hydrogens is 248 g/mol. The van der Waals surface area contributed by atoms with Gasteiger partial charge in [-0.2, -0.15) is 0 Å². The predicted octanol–water partition coefficient (Wildman–Crippen LogP) is 4.09. The predicted molar refractivity (Wildman–Crippen MR) is 80.3 cm³/mol. The number of hydrogen-bond donors (Lipinski definition) is 2. The highest BCUT2D eigenvalue weighted by atomic mass is 16.3. The summed E-state index contributed by atoms with van der Waals surface area (Å²) in [5.41, 5.74) is 2.66. The van der Waals surface area contributed by atoms with E-state index >= 15 is 0 Å². The van der Waals surface area contributed by atoms with Gasteiger partial charge in [0.1, 0.15) is 11.5 Å². The number of rotatable bonds is 1. The number of phenols is 2. The molecule has 2 N–H and O–H groups in total. The SMILES string of the molecule is CC1(C)CC(C)(c2ccccc2O)c2cccc(O)c21. The maximum Gasteiger partial charge on any atom is 0.119 e. The first-order valence-electron chi connectivity index (χ1n) is 6.98. The summed E-state index contributed by atoms with van der Waals surface area (Å²) in [7, 11) is 0. The molecule has 1 atom stereocenters. The zero-order valence-corrected chi connectivity index (χ0v) is 12.1. The van der Waals surface area contributed by atoms with E-state index in [-0.39, 0.29) is 10.8 Å². The normalized spacial score (nSPS) is 23.6. The average Bonchev–Trinajstić information content (AvgIpc) is 2.59. The second-order valence-electron chi connectivity index (χ2n) is 6.61. The smallest absolute Gasteiger partial charge is 0.119 e. The molecule has 2 aromatic carbocycles. The van der Waals surface area contributed by atoms with Crippen LogP contribution in [-0.4, -0.2) is 10.2 Å². The summed E-state index contributed by atoms with van der Waals surface area (Å²) in [5, 5.41) is 20.5. The van der Waals surface area contributed by atoms with E-state index in [2.05, 4.69) is 26.8 Å². The number of para-hydroxylation sites is 1. The molecule has 2 aromatic rings. The van der Waals surface area contributed by atoms with Crippen molar-refractivity contribution in [2.24, 2.45) is 0 Å². The molecule has 1 aliphatic rings. The van der Waals surface area contributed by atoms with Crippen LogP contribution in [0.25, 0.3) is 0 Å². The Morgan fingerprint density at radius 2 is 1.40 bits per heavy atom. The van der Waals surface area contributed by atoms with Crippen molar-refractivity contribution >= 4 is 0 Å². The Balaban J connectivity index is 2.29. The zero-order chi connectivity index (χ0) is 14.5. The van der Waals surface area contributed by atoms with Crippen LogP contribution in [0.5, 0.6) is 11.5 Å². The van der Waals surface area contributed by atoms with Crippen molar-refractivity contribution in [3.05, 3.63) is 59.2 Å². The van der Waals surface area contributed by atoms with Crippen molar-refractivity contribution in [2.75, 3.05) is 0 Å². The van der Waals surface area contributed by atoms with Crippen molar-refractivity contribution in [3.63, 3.8) is 0 Å². The van der Waals surface area contributed by atoms with Gasteiger partial charge in [-0.05, 0) is 29.5 Å². The molecule has 2 heteroatoms. The number of phenolic OH excluding ortho intramolecular Hbond substituents is 2. The highest BCUT2D eigenvalue weighted by Crippen LogP contribution is 2.56. The molecule has 0 amide bonds. The van der Waals surface area contributed by atoms with Crippen LogP contribution in [0.2, 0.25) is 0 Å². The highest BCUT2D eigenvalue weighted by Gasteiger charge is 2.47. The van der Waals surface area contributed by atoms with Gasteiger partial charge in [-0.15, -0.1) is 0 Å². The molecule has 0 aliphatic heterocycles. The second kappa shape index (κ2) is 4.02. The van der Waals surface area contributed by atoms with E-state index in [1.807, 2.05) is 24.3 Å². The summed E-state index contributed by atoms with van der Waals surface area (Å²) in [6.07, 6.45) is 0.866. The number of benzene rings is 2. The first-order chi connectivity index (χ1) is 9.36. The van der Waals surface area contributed by atoms with Gasteiger partial charge in [-0.1, -0.05) is 51.1 Å². The lowest BCUT2D eigenvalue weighted by molar-refractivity contribution is 0.392. The Morgan fingerprint density at radius 1 is 0.800 bits per heavy atom. The third-order valence-electron chi connectivity index (χ3n) is 4.61. The van der Waals surface area contributed by atoms with Crippen LogP contribution < -0.4 is 0 Å².